The average Bonchev–Trinajstić information content (AvgIpc) is 2.64. The highest BCUT2D eigenvalue weighted by Gasteiger charge is 2.27. The third-order valence-corrected chi connectivity index (χ3v) is 4.77. The molecule has 4 heteroatoms. The zero-order chi connectivity index (χ0) is 17.6. The van der Waals surface area contributed by atoms with Crippen LogP contribution < -0.4 is 4.74 Å². The Bertz CT molecular complexity index is 679. The molecule has 1 aliphatic rings. The number of hydrogen-bond acceptors (Lipinski definition) is 2. The number of nitrogens with zero attached hydrogens (tertiary/aromatic N) is 1. The smallest absolute Gasteiger partial charge is 0.263 e. The van der Waals surface area contributed by atoms with Gasteiger partial charge in [-0.25, -0.2) is 4.39 Å². The largest absolute Gasteiger partial charge is 0.481 e. The topological polar surface area (TPSA) is 29.5 Å². The lowest BCUT2D eigenvalue weighted by Gasteiger charge is -2.33. The lowest BCUT2D eigenvalue weighted by molar-refractivity contribution is -0.139. The number of carbonyl (C=O) groups excluding carboxylic acids is 1. The van der Waals surface area contributed by atoms with E-state index in [1.165, 1.54) is 17.7 Å². The van der Waals surface area contributed by atoms with Gasteiger partial charge in [0.2, 0.25) is 0 Å². The van der Waals surface area contributed by atoms with Gasteiger partial charge in [-0.05, 0) is 61.9 Å². The van der Waals surface area contributed by atoms with Crippen molar-refractivity contribution in [3.63, 3.8) is 0 Å². The molecule has 25 heavy (non-hydrogen) atoms. The first kappa shape index (κ1) is 17.5. The van der Waals surface area contributed by atoms with Crippen LogP contribution in [0, 0.1) is 11.7 Å². The van der Waals surface area contributed by atoms with Crippen molar-refractivity contribution in [2.45, 2.75) is 32.3 Å². The number of piperidine rings is 1. The molecule has 2 aromatic carbocycles. The lowest BCUT2D eigenvalue weighted by atomic mass is 9.90. The van der Waals surface area contributed by atoms with Gasteiger partial charge in [0.05, 0.1) is 0 Å². The summed E-state index contributed by atoms with van der Waals surface area (Å²) in [5.74, 6) is 0.829. The fourth-order valence-electron chi connectivity index (χ4n) is 3.33. The van der Waals surface area contributed by atoms with E-state index in [1.807, 2.05) is 11.0 Å². The number of rotatable bonds is 5. The van der Waals surface area contributed by atoms with Gasteiger partial charge in [0.15, 0.2) is 6.10 Å². The molecule has 1 atom stereocenters. The second-order valence-corrected chi connectivity index (χ2v) is 6.67. The molecular weight excluding hydrogens is 317 g/mol. The molecule has 0 radical (unpaired) electrons. The fraction of sp³-hybridized carbons (Fsp3) is 0.381. The van der Waals surface area contributed by atoms with E-state index in [2.05, 4.69) is 24.3 Å². The van der Waals surface area contributed by atoms with E-state index in [1.54, 1.807) is 19.1 Å². The number of ether oxygens (including phenoxy) is 1. The van der Waals surface area contributed by atoms with Crippen molar-refractivity contribution in [3.8, 4) is 5.75 Å². The Morgan fingerprint density at radius 3 is 2.40 bits per heavy atom. The van der Waals surface area contributed by atoms with Crippen LogP contribution in [0.25, 0.3) is 0 Å². The van der Waals surface area contributed by atoms with Gasteiger partial charge in [0.1, 0.15) is 11.6 Å². The van der Waals surface area contributed by atoms with Crippen LogP contribution in [0.1, 0.15) is 25.3 Å². The van der Waals surface area contributed by atoms with Crippen molar-refractivity contribution < 1.29 is 13.9 Å². The second-order valence-electron chi connectivity index (χ2n) is 6.67. The normalized spacial score (nSPS) is 16.5. The maximum atomic E-state index is 12.9. The highest BCUT2D eigenvalue weighted by atomic mass is 19.1. The molecule has 0 unspecified atom stereocenters. The Kier molecular flexibility index (Phi) is 5.69. The van der Waals surface area contributed by atoms with Crippen LogP contribution in [0.3, 0.4) is 0 Å². The van der Waals surface area contributed by atoms with Crippen LogP contribution in [0.2, 0.25) is 0 Å². The first-order chi connectivity index (χ1) is 12.1. The molecule has 2 aromatic rings. The van der Waals surface area contributed by atoms with Crippen LogP contribution in [-0.4, -0.2) is 30.0 Å². The standard InChI is InChI=1S/C21H24FNO2/c1-16(25-20-9-7-19(22)8-10-20)21(24)23-13-11-18(12-14-23)15-17-5-3-2-4-6-17/h2-10,16,18H,11-15H2,1H3/t16-/m1/s1. The van der Waals surface area contributed by atoms with Gasteiger partial charge in [-0.3, -0.25) is 4.79 Å². The predicted octanol–water partition coefficient (Wildman–Crippen LogP) is 4.07. The molecular formula is C21H24FNO2. The van der Waals surface area contributed by atoms with Crippen LogP contribution in [0.15, 0.2) is 54.6 Å². The Labute approximate surface area is 148 Å². The van der Waals surface area contributed by atoms with Crippen LogP contribution in [-0.2, 0) is 11.2 Å². The molecule has 1 saturated heterocycles. The van der Waals surface area contributed by atoms with Crippen molar-refractivity contribution in [1.29, 1.82) is 0 Å². The average molecular weight is 341 g/mol. The molecule has 0 aliphatic carbocycles. The van der Waals surface area contributed by atoms with Crippen LogP contribution in [0.4, 0.5) is 4.39 Å². The van der Waals surface area contributed by atoms with Crippen molar-refractivity contribution in [2.24, 2.45) is 5.92 Å². The number of amides is 1. The lowest BCUT2D eigenvalue weighted by Crippen LogP contribution is -2.45. The molecule has 3 rings (SSSR count). The fourth-order valence-corrected chi connectivity index (χ4v) is 3.33. The van der Waals surface area contributed by atoms with Gasteiger partial charge in [-0.15, -0.1) is 0 Å². The van der Waals surface area contributed by atoms with Crippen molar-refractivity contribution in [2.75, 3.05) is 13.1 Å². The summed E-state index contributed by atoms with van der Waals surface area (Å²) in [6.45, 7) is 3.29. The quantitative estimate of drug-likeness (QED) is 0.820. The molecule has 0 spiro atoms. The van der Waals surface area contributed by atoms with E-state index in [0.29, 0.717) is 11.7 Å². The van der Waals surface area contributed by atoms with Gasteiger partial charge in [-0.1, -0.05) is 30.3 Å². The second kappa shape index (κ2) is 8.15. The first-order valence-electron chi connectivity index (χ1n) is 8.87. The minimum Gasteiger partial charge on any atom is -0.481 e. The molecule has 1 heterocycles. The SMILES string of the molecule is C[C@@H](Oc1ccc(F)cc1)C(=O)N1CCC(Cc2ccccc2)CC1. The number of likely N-dealkylation sites (tertiary alicyclic amines) is 1. The molecule has 132 valence electrons. The Morgan fingerprint density at radius 2 is 1.76 bits per heavy atom. The third kappa shape index (κ3) is 4.81. The molecule has 1 fully saturated rings. The summed E-state index contributed by atoms with van der Waals surface area (Å²) < 4.78 is 18.6. The van der Waals surface area contributed by atoms with E-state index in [0.717, 1.165) is 32.4 Å². The molecule has 0 aromatic heterocycles. The summed E-state index contributed by atoms with van der Waals surface area (Å²) in [6, 6.07) is 16.3. The maximum absolute atomic E-state index is 12.9. The minimum absolute atomic E-state index is 0.00230. The molecule has 1 amide bonds. The zero-order valence-corrected chi connectivity index (χ0v) is 14.5. The van der Waals surface area contributed by atoms with Crippen LogP contribution in [0.5, 0.6) is 5.75 Å². The van der Waals surface area contributed by atoms with E-state index in [4.69, 9.17) is 4.74 Å². The summed E-state index contributed by atoms with van der Waals surface area (Å²) in [7, 11) is 0. The van der Waals surface area contributed by atoms with Gasteiger partial charge < -0.3 is 9.64 Å². The molecule has 0 saturated carbocycles. The highest BCUT2D eigenvalue weighted by molar-refractivity contribution is 5.81. The first-order valence-corrected chi connectivity index (χ1v) is 8.87. The highest BCUT2D eigenvalue weighted by Crippen LogP contribution is 2.23. The molecule has 0 N–H and O–H groups in total. The summed E-state index contributed by atoms with van der Waals surface area (Å²) in [5, 5.41) is 0. The molecule has 0 bridgehead atoms. The van der Waals surface area contributed by atoms with Crippen molar-refractivity contribution in [3.05, 3.63) is 66.0 Å². The van der Waals surface area contributed by atoms with Crippen LogP contribution >= 0.6 is 0 Å². The Hall–Kier alpha value is -2.36. The Morgan fingerprint density at radius 1 is 1.12 bits per heavy atom. The number of halogens is 1. The minimum atomic E-state index is -0.559. The van der Waals surface area contributed by atoms with Gasteiger partial charge in [-0.2, -0.15) is 0 Å². The summed E-state index contributed by atoms with van der Waals surface area (Å²) in [5.41, 5.74) is 1.36. The molecule has 3 nitrogen and oxygen atoms in total. The maximum Gasteiger partial charge on any atom is 0.263 e. The van der Waals surface area contributed by atoms with Gasteiger partial charge in [0.25, 0.3) is 5.91 Å². The van der Waals surface area contributed by atoms with E-state index in [-0.39, 0.29) is 11.7 Å². The van der Waals surface area contributed by atoms with Gasteiger partial charge >= 0.3 is 0 Å². The van der Waals surface area contributed by atoms with Crippen molar-refractivity contribution in [1.82, 2.24) is 4.90 Å². The van der Waals surface area contributed by atoms with E-state index >= 15 is 0 Å². The van der Waals surface area contributed by atoms with Crippen molar-refractivity contribution >= 4 is 5.91 Å². The number of hydrogen-bond donors (Lipinski definition) is 0. The summed E-state index contributed by atoms with van der Waals surface area (Å²) in [4.78, 5) is 14.4. The van der Waals surface area contributed by atoms with Gasteiger partial charge in [0, 0.05) is 13.1 Å². The Balaban J connectivity index is 1.48. The zero-order valence-electron chi connectivity index (χ0n) is 14.5. The van der Waals surface area contributed by atoms with E-state index in [9.17, 15) is 9.18 Å². The predicted molar refractivity (Wildman–Crippen MR) is 95.9 cm³/mol. The third-order valence-electron chi connectivity index (χ3n) is 4.77. The number of benzene rings is 2. The molecule has 1 aliphatic heterocycles. The summed E-state index contributed by atoms with van der Waals surface area (Å²) in [6.07, 6.45) is 2.55. The van der Waals surface area contributed by atoms with E-state index < -0.39 is 6.10 Å². The number of carbonyl (C=O) groups is 1. The summed E-state index contributed by atoms with van der Waals surface area (Å²) >= 11 is 0. The monoisotopic (exact) mass is 341 g/mol.